The van der Waals surface area contributed by atoms with E-state index in [1.165, 1.54) is 23.1 Å². The molecule has 1 aromatic carbocycles. The largest absolute Gasteiger partial charge is 0.335 e. The molecule has 3 heterocycles. The SMILES string of the molecule is O=C1C2CCC[C@@H](C(C(F)F)CN1Cc1ccccn1)N2S(=O)(=O)c1cc(Cl)cc(Cl)c1. The number of carbonyl (C=O) groups excluding carboxylic acids is 1. The summed E-state index contributed by atoms with van der Waals surface area (Å²) in [6.07, 6.45) is -0.289. The lowest BCUT2D eigenvalue weighted by Gasteiger charge is -2.40. The summed E-state index contributed by atoms with van der Waals surface area (Å²) in [7, 11) is -4.32. The van der Waals surface area contributed by atoms with E-state index in [9.17, 15) is 22.0 Å². The van der Waals surface area contributed by atoms with Gasteiger partial charge in [0.25, 0.3) is 0 Å². The van der Waals surface area contributed by atoms with Crippen LogP contribution in [-0.4, -0.2) is 53.6 Å². The minimum Gasteiger partial charge on any atom is -0.335 e. The highest BCUT2D eigenvalue weighted by Crippen LogP contribution is 2.40. The number of hydrogen-bond donors (Lipinski definition) is 0. The number of piperidine rings is 1. The van der Waals surface area contributed by atoms with Crippen molar-refractivity contribution in [2.45, 2.75) is 49.2 Å². The second-order valence-corrected chi connectivity index (χ2v) is 10.7. The second kappa shape index (κ2) is 9.21. The fraction of sp³-hybridized carbons (Fsp3) is 0.429. The zero-order chi connectivity index (χ0) is 23.0. The minimum atomic E-state index is -4.32. The summed E-state index contributed by atoms with van der Waals surface area (Å²) >= 11 is 12.0. The molecule has 2 aromatic rings. The summed E-state index contributed by atoms with van der Waals surface area (Å²) in [5.41, 5.74) is 0.543. The van der Waals surface area contributed by atoms with Crippen molar-refractivity contribution in [2.24, 2.45) is 5.92 Å². The van der Waals surface area contributed by atoms with Gasteiger partial charge in [-0.2, -0.15) is 4.31 Å². The molecule has 2 unspecified atom stereocenters. The van der Waals surface area contributed by atoms with Gasteiger partial charge in [-0.15, -0.1) is 0 Å². The van der Waals surface area contributed by atoms with Crippen LogP contribution in [0.4, 0.5) is 8.78 Å². The third-order valence-electron chi connectivity index (χ3n) is 5.95. The standard InChI is InChI=1S/C21H21Cl2F2N3O3S/c22-13-8-14(23)10-16(9-13)32(30,31)28-18-5-3-6-19(28)21(29)27(12-17(18)20(24)25)11-15-4-1-2-7-26-15/h1-2,4,7-10,17-20H,3,5-6,11-12H2/t17?,18-,19?/m0/s1. The lowest BCUT2D eigenvalue weighted by Crippen LogP contribution is -2.55. The predicted molar refractivity (Wildman–Crippen MR) is 116 cm³/mol. The number of pyridine rings is 1. The van der Waals surface area contributed by atoms with Crippen LogP contribution in [0.15, 0.2) is 47.5 Å². The first-order chi connectivity index (χ1) is 15.2. The molecule has 2 aliphatic heterocycles. The Morgan fingerprint density at radius 2 is 1.84 bits per heavy atom. The Hall–Kier alpha value is -1.81. The number of carbonyl (C=O) groups is 1. The highest BCUT2D eigenvalue weighted by Gasteiger charge is 2.52. The third-order valence-corrected chi connectivity index (χ3v) is 8.30. The van der Waals surface area contributed by atoms with E-state index in [1.807, 2.05) is 0 Å². The van der Waals surface area contributed by atoms with Gasteiger partial charge in [0.1, 0.15) is 6.04 Å². The molecule has 172 valence electrons. The number of aromatic nitrogens is 1. The Morgan fingerprint density at radius 1 is 1.12 bits per heavy atom. The summed E-state index contributed by atoms with van der Waals surface area (Å²) < 4.78 is 56.6. The van der Waals surface area contributed by atoms with Gasteiger partial charge in [0.2, 0.25) is 22.4 Å². The highest BCUT2D eigenvalue weighted by atomic mass is 35.5. The Kier molecular flexibility index (Phi) is 6.72. The number of fused-ring (bicyclic) bond motifs is 2. The van der Waals surface area contributed by atoms with Crippen LogP contribution in [0.2, 0.25) is 10.0 Å². The average molecular weight is 504 g/mol. The van der Waals surface area contributed by atoms with Crippen molar-refractivity contribution in [3.05, 3.63) is 58.3 Å². The number of nitrogens with zero attached hydrogens (tertiary/aromatic N) is 3. The van der Waals surface area contributed by atoms with Gasteiger partial charge in [0.15, 0.2) is 0 Å². The van der Waals surface area contributed by atoms with Gasteiger partial charge < -0.3 is 4.90 Å². The molecule has 2 aliphatic rings. The molecule has 0 saturated carbocycles. The lowest BCUT2D eigenvalue weighted by atomic mass is 9.90. The zero-order valence-electron chi connectivity index (χ0n) is 16.9. The molecule has 0 N–H and O–H groups in total. The molecule has 1 aromatic heterocycles. The number of hydrogen-bond acceptors (Lipinski definition) is 4. The van der Waals surface area contributed by atoms with Gasteiger partial charge in [-0.3, -0.25) is 9.78 Å². The molecule has 2 fully saturated rings. The fourth-order valence-corrected chi connectivity index (χ4v) is 7.14. The van der Waals surface area contributed by atoms with Crippen LogP contribution in [0, 0.1) is 5.92 Å². The van der Waals surface area contributed by atoms with Crippen LogP contribution in [0.25, 0.3) is 0 Å². The van der Waals surface area contributed by atoms with Crippen molar-refractivity contribution in [1.29, 1.82) is 0 Å². The molecule has 32 heavy (non-hydrogen) atoms. The molecule has 0 aliphatic carbocycles. The van der Waals surface area contributed by atoms with Crippen molar-refractivity contribution in [1.82, 2.24) is 14.2 Å². The van der Waals surface area contributed by atoms with Crippen LogP contribution in [0.3, 0.4) is 0 Å². The zero-order valence-corrected chi connectivity index (χ0v) is 19.2. The van der Waals surface area contributed by atoms with E-state index < -0.39 is 40.4 Å². The van der Waals surface area contributed by atoms with E-state index in [2.05, 4.69) is 4.98 Å². The van der Waals surface area contributed by atoms with E-state index in [4.69, 9.17) is 23.2 Å². The highest BCUT2D eigenvalue weighted by molar-refractivity contribution is 7.89. The summed E-state index contributed by atoms with van der Waals surface area (Å²) in [6, 6.07) is 6.88. The molecule has 2 saturated heterocycles. The van der Waals surface area contributed by atoms with Gasteiger partial charge in [0.05, 0.1) is 23.1 Å². The van der Waals surface area contributed by atoms with Crippen molar-refractivity contribution in [2.75, 3.05) is 6.54 Å². The number of benzene rings is 1. The van der Waals surface area contributed by atoms with Crippen LogP contribution in [0.1, 0.15) is 25.0 Å². The molecule has 3 atom stereocenters. The van der Waals surface area contributed by atoms with Gasteiger partial charge >= 0.3 is 0 Å². The monoisotopic (exact) mass is 503 g/mol. The first kappa shape index (κ1) is 23.4. The third kappa shape index (κ3) is 4.48. The summed E-state index contributed by atoms with van der Waals surface area (Å²) in [4.78, 5) is 18.7. The maximum atomic E-state index is 14.2. The molecule has 4 rings (SSSR count). The lowest BCUT2D eigenvalue weighted by molar-refractivity contribution is -0.135. The van der Waals surface area contributed by atoms with Gasteiger partial charge in [-0.1, -0.05) is 29.3 Å². The second-order valence-electron chi connectivity index (χ2n) is 7.99. The number of halogens is 4. The van der Waals surface area contributed by atoms with E-state index in [0.717, 1.165) is 4.31 Å². The maximum Gasteiger partial charge on any atom is 0.244 e. The Bertz CT molecular complexity index is 1080. The molecule has 0 spiro atoms. The summed E-state index contributed by atoms with van der Waals surface area (Å²) in [6.45, 7) is -0.223. The minimum absolute atomic E-state index is 0.0307. The molecule has 6 nitrogen and oxygen atoms in total. The van der Waals surface area contributed by atoms with Crippen LogP contribution < -0.4 is 0 Å². The van der Waals surface area contributed by atoms with Gasteiger partial charge in [-0.05, 0) is 49.6 Å². The fourth-order valence-electron chi connectivity index (χ4n) is 4.54. The average Bonchev–Trinajstić information content (AvgIpc) is 2.81. The van der Waals surface area contributed by atoms with Gasteiger partial charge in [0, 0.05) is 28.8 Å². The Labute approximate surface area is 195 Å². The van der Waals surface area contributed by atoms with Crippen molar-refractivity contribution in [3.8, 4) is 0 Å². The quantitative estimate of drug-likeness (QED) is 0.612. The van der Waals surface area contributed by atoms with Gasteiger partial charge in [-0.25, -0.2) is 17.2 Å². The Morgan fingerprint density at radius 3 is 2.47 bits per heavy atom. The van der Waals surface area contributed by atoms with Crippen molar-refractivity contribution >= 4 is 39.1 Å². The normalized spacial score (nSPS) is 24.6. The number of alkyl halides is 2. The molecule has 2 bridgehead atoms. The topological polar surface area (TPSA) is 70.6 Å². The molecular weight excluding hydrogens is 483 g/mol. The number of rotatable bonds is 5. The predicted octanol–water partition coefficient (Wildman–Crippen LogP) is 4.22. The maximum absolute atomic E-state index is 14.2. The summed E-state index contributed by atoms with van der Waals surface area (Å²) in [5.74, 6) is -1.84. The van der Waals surface area contributed by atoms with Crippen LogP contribution in [-0.2, 0) is 21.4 Å². The van der Waals surface area contributed by atoms with E-state index >= 15 is 0 Å². The van der Waals surface area contributed by atoms with E-state index in [0.29, 0.717) is 12.1 Å². The summed E-state index contributed by atoms with van der Waals surface area (Å²) in [5, 5.41) is 0.203. The number of sulfonamides is 1. The smallest absolute Gasteiger partial charge is 0.244 e. The molecule has 1 amide bonds. The first-order valence-electron chi connectivity index (χ1n) is 10.1. The van der Waals surface area contributed by atoms with Crippen molar-refractivity contribution < 1.29 is 22.0 Å². The van der Waals surface area contributed by atoms with Crippen LogP contribution >= 0.6 is 23.2 Å². The first-order valence-corrected chi connectivity index (χ1v) is 12.3. The number of amides is 1. The van der Waals surface area contributed by atoms with Crippen LogP contribution in [0.5, 0.6) is 0 Å². The van der Waals surface area contributed by atoms with E-state index in [1.54, 1.807) is 24.4 Å². The van der Waals surface area contributed by atoms with Crippen molar-refractivity contribution in [3.63, 3.8) is 0 Å². The molecule has 0 radical (unpaired) electrons. The van der Waals surface area contributed by atoms with E-state index in [-0.39, 0.29) is 40.9 Å². The molecular formula is C21H21Cl2F2N3O3S. The Balaban J connectivity index is 1.78. The molecule has 11 heteroatoms.